The number of fused-ring (bicyclic) bond motifs is 1. The minimum absolute atomic E-state index is 0.0689. The number of thiophene rings is 1. The highest BCUT2D eigenvalue weighted by molar-refractivity contribution is 7.98. The number of hydrogen-bond acceptors (Lipinski definition) is 7. The fourth-order valence-corrected chi connectivity index (χ4v) is 7.79. The van der Waals surface area contributed by atoms with E-state index >= 15 is 0 Å². The lowest BCUT2D eigenvalue weighted by molar-refractivity contribution is -0.258. The molecule has 12 heteroatoms. The van der Waals surface area contributed by atoms with E-state index in [0.717, 1.165) is 21.9 Å². The number of aliphatic hydroxyl groups is 1. The first kappa shape index (κ1) is 31.0. The number of nitrogens with one attached hydrogen (secondary N) is 1. The van der Waals surface area contributed by atoms with Gasteiger partial charge in [-0.2, -0.15) is 17.9 Å². The van der Waals surface area contributed by atoms with Crippen LogP contribution in [0, 0.1) is 0 Å². The summed E-state index contributed by atoms with van der Waals surface area (Å²) in [6, 6.07) is 22.4. The fraction of sp³-hybridized carbons (Fsp3) is 0.194. The maximum atomic E-state index is 13.6. The summed E-state index contributed by atoms with van der Waals surface area (Å²) in [4.78, 5) is 5.94. The lowest BCUT2D eigenvalue weighted by Gasteiger charge is -2.26. The monoisotopic (exact) mass is 644 g/mol. The number of methoxy groups -OCH3 is 1. The standard InChI is InChI=1S/C31H27F3N2O4S3/c1-30(37,31(32,33)34)20-15-16-35-25(18-20)23-9-6-7-19-17-27(42-29(19)23)28(24-8-4-5-10-26(24)41-3)36-43(38,39)22-13-11-21(40-2)12-14-22/h4-18,28,36-37H,1-3H3/t28?,30-/m1/s1. The Bertz CT molecular complexity index is 1870. The van der Waals surface area contributed by atoms with Gasteiger partial charge in [-0.05, 0) is 78.2 Å². The predicted molar refractivity (Wildman–Crippen MR) is 164 cm³/mol. The Morgan fingerprint density at radius 2 is 1.72 bits per heavy atom. The molecule has 2 aromatic heterocycles. The first-order chi connectivity index (χ1) is 20.4. The summed E-state index contributed by atoms with van der Waals surface area (Å²) in [7, 11) is -2.50. The van der Waals surface area contributed by atoms with Crippen LogP contribution in [-0.2, 0) is 15.6 Å². The number of halogens is 3. The smallest absolute Gasteiger partial charge is 0.421 e. The average Bonchev–Trinajstić information content (AvgIpc) is 3.44. The molecule has 0 aliphatic rings. The van der Waals surface area contributed by atoms with Crippen molar-refractivity contribution in [3.05, 3.63) is 107 Å². The van der Waals surface area contributed by atoms with E-state index in [1.54, 1.807) is 24.3 Å². The number of ether oxygens (including phenoxy) is 1. The van der Waals surface area contributed by atoms with Gasteiger partial charge < -0.3 is 9.84 Å². The van der Waals surface area contributed by atoms with Gasteiger partial charge in [0.05, 0.1) is 23.7 Å². The number of alkyl halides is 3. The van der Waals surface area contributed by atoms with Crippen LogP contribution in [0.15, 0.2) is 101 Å². The molecule has 224 valence electrons. The number of hydrogen-bond donors (Lipinski definition) is 2. The van der Waals surface area contributed by atoms with Gasteiger partial charge >= 0.3 is 6.18 Å². The van der Waals surface area contributed by atoms with Crippen LogP contribution in [0.25, 0.3) is 21.3 Å². The number of rotatable bonds is 9. The second-order valence-corrected chi connectivity index (χ2v) is 13.5. The highest BCUT2D eigenvalue weighted by Gasteiger charge is 2.51. The van der Waals surface area contributed by atoms with Gasteiger partial charge in [0.1, 0.15) is 5.75 Å². The van der Waals surface area contributed by atoms with Gasteiger partial charge in [-0.3, -0.25) is 4.98 Å². The number of aromatic nitrogens is 1. The zero-order chi connectivity index (χ0) is 31.0. The van der Waals surface area contributed by atoms with E-state index in [0.29, 0.717) is 27.8 Å². The Labute approximate surface area is 255 Å². The zero-order valence-electron chi connectivity index (χ0n) is 23.2. The summed E-state index contributed by atoms with van der Waals surface area (Å²) < 4.78 is 76.8. The highest BCUT2D eigenvalue weighted by atomic mass is 32.2. The van der Waals surface area contributed by atoms with Crippen molar-refractivity contribution in [2.45, 2.75) is 34.5 Å². The molecule has 0 saturated carbocycles. The van der Waals surface area contributed by atoms with Gasteiger partial charge in [-0.15, -0.1) is 23.1 Å². The number of thioether (sulfide) groups is 1. The molecule has 0 aliphatic carbocycles. The SMILES string of the molecule is COc1ccc(S(=O)(=O)NC(c2cc3cccc(-c4cc([C@@](C)(O)C(F)(F)F)ccn4)c3s2)c2ccccc2SC)cc1. The Morgan fingerprint density at radius 3 is 2.40 bits per heavy atom. The molecule has 1 unspecified atom stereocenters. The maximum absolute atomic E-state index is 13.6. The van der Waals surface area contributed by atoms with Crippen LogP contribution in [0.3, 0.4) is 0 Å². The molecule has 0 radical (unpaired) electrons. The first-order valence-electron chi connectivity index (χ1n) is 12.9. The highest BCUT2D eigenvalue weighted by Crippen LogP contribution is 2.43. The van der Waals surface area contributed by atoms with Crippen molar-refractivity contribution in [2.75, 3.05) is 13.4 Å². The normalized spacial score (nSPS) is 14.4. The van der Waals surface area contributed by atoms with Crippen LogP contribution in [0.4, 0.5) is 13.2 Å². The van der Waals surface area contributed by atoms with Crippen LogP contribution in [-0.4, -0.2) is 38.1 Å². The molecular formula is C31H27F3N2O4S3. The van der Waals surface area contributed by atoms with Gasteiger partial charge in [-0.25, -0.2) is 8.42 Å². The van der Waals surface area contributed by atoms with Crippen molar-refractivity contribution >= 4 is 43.2 Å². The van der Waals surface area contributed by atoms with E-state index in [9.17, 15) is 26.7 Å². The average molecular weight is 645 g/mol. The molecule has 0 bridgehead atoms. The fourth-order valence-electron chi connectivity index (χ4n) is 4.63. The molecule has 0 amide bonds. The van der Waals surface area contributed by atoms with Crippen LogP contribution in [0.5, 0.6) is 5.75 Å². The molecular weight excluding hydrogens is 618 g/mol. The zero-order valence-corrected chi connectivity index (χ0v) is 25.7. The molecule has 2 heterocycles. The van der Waals surface area contributed by atoms with Crippen molar-refractivity contribution in [3.63, 3.8) is 0 Å². The summed E-state index contributed by atoms with van der Waals surface area (Å²) in [6.45, 7) is 0.707. The van der Waals surface area contributed by atoms with Crippen molar-refractivity contribution in [3.8, 4) is 17.0 Å². The Morgan fingerprint density at radius 1 is 1.00 bits per heavy atom. The number of pyridine rings is 1. The second-order valence-electron chi connectivity index (χ2n) is 9.84. The summed E-state index contributed by atoms with van der Waals surface area (Å²) in [5, 5.41) is 11.0. The van der Waals surface area contributed by atoms with E-state index in [1.165, 1.54) is 54.6 Å². The maximum Gasteiger partial charge on any atom is 0.421 e. The van der Waals surface area contributed by atoms with Crippen LogP contribution in [0.1, 0.15) is 29.0 Å². The third kappa shape index (κ3) is 6.16. The molecule has 5 aromatic rings. The summed E-state index contributed by atoms with van der Waals surface area (Å²) >= 11 is 2.81. The minimum Gasteiger partial charge on any atom is -0.497 e. The Balaban J connectivity index is 1.63. The van der Waals surface area contributed by atoms with Gasteiger partial charge in [-0.1, -0.05) is 36.4 Å². The lowest BCUT2D eigenvalue weighted by Crippen LogP contribution is -2.39. The summed E-state index contributed by atoms with van der Waals surface area (Å²) in [5.41, 5.74) is -1.84. The summed E-state index contributed by atoms with van der Waals surface area (Å²) in [6.07, 6.45) is -1.74. The third-order valence-electron chi connectivity index (χ3n) is 7.09. The largest absolute Gasteiger partial charge is 0.497 e. The lowest BCUT2D eigenvalue weighted by atomic mass is 9.94. The van der Waals surface area contributed by atoms with E-state index < -0.39 is 27.8 Å². The van der Waals surface area contributed by atoms with E-state index in [1.807, 2.05) is 42.7 Å². The molecule has 5 rings (SSSR count). The Kier molecular flexibility index (Phi) is 8.61. The van der Waals surface area contributed by atoms with Crippen molar-refractivity contribution in [2.24, 2.45) is 0 Å². The molecule has 2 atom stereocenters. The van der Waals surface area contributed by atoms with Gasteiger partial charge in [0.15, 0.2) is 5.60 Å². The Hall–Kier alpha value is -3.42. The molecule has 3 aromatic carbocycles. The molecule has 0 fully saturated rings. The van der Waals surface area contributed by atoms with E-state index in [-0.39, 0.29) is 16.2 Å². The quantitative estimate of drug-likeness (QED) is 0.161. The van der Waals surface area contributed by atoms with E-state index in [2.05, 4.69) is 9.71 Å². The molecule has 6 nitrogen and oxygen atoms in total. The van der Waals surface area contributed by atoms with Crippen LogP contribution < -0.4 is 9.46 Å². The molecule has 43 heavy (non-hydrogen) atoms. The molecule has 0 spiro atoms. The van der Waals surface area contributed by atoms with Crippen molar-refractivity contribution < 1.29 is 31.4 Å². The molecule has 0 saturated heterocycles. The van der Waals surface area contributed by atoms with Crippen molar-refractivity contribution in [1.82, 2.24) is 9.71 Å². The van der Waals surface area contributed by atoms with Crippen LogP contribution >= 0.6 is 23.1 Å². The predicted octanol–water partition coefficient (Wildman–Crippen LogP) is 7.53. The molecule has 0 aliphatic heterocycles. The molecule has 2 N–H and O–H groups in total. The second kappa shape index (κ2) is 11.9. The first-order valence-corrected chi connectivity index (χ1v) is 16.5. The van der Waals surface area contributed by atoms with Gasteiger partial charge in [0, 0.05) is 26.2 Å². The minimum atomic E-state index is -4.88. The third-order valence-corrected chi connectivity index (χ3v) is 10.6. The van der Waals surface area contributed by atoms with E-state index in [4.69, 9.17) is 4.74 Å². The number of nitrogens with zero attached hydrogens (tertiary/aromatic N) is 1. The summed E-state index contributed by atoms with van der Waals surface area (Å²) in [5.74, 6) is 0.523. The number of sulfonamides is 1. The van der Waals surface area contributed by atoms with Crippen LogP contribution in [0.2, 0.25) is 0 Å². The number of benzene rings is 3. The van der Waals surface area contributed by atoms with Gasteiger partial charge in [0.25, 0.3) is 0 Å². The topological polar surface area (TPSA) is 88.5 Å². The van der Waals surface area contributed by atoms with Gasteiger partial charge in [0.2, 0.25) is 10.0 Å². The van der Waals surface area contributed by atoms with Crippen molar-refractivity contribution in [1.29, 1.82) is 0 Å².